The van der Waals surface area contributed by atoms with Crippen molar-refractivity contribution in [1.82, 2.24) is 9.47 Å². The summed E-state index contributed by atoms with van der Waals surface area (Å²) < 4.78 is 2.23. The molecule has 3 nitrogen and oxygen atoms in total. The summed E-state index contributed by atoms with van der Waals surface area (Å²) >= 11 is 0. The predicted octanol–water partition coefficient (Wildman–Crippen LogP) is 3.75. The van der Waals surface area contributed by atoms with E-state index < -0.39 is 0 Å². The average Bonchev–Trinajstić information content (AvgIpc) is 2.92. The van der Waals surface area contributed by atoms with Crippen molar-refractivity contribution in [3.63, 3.8) is 0 Å². The predicted molar refractivity (Wildman–Crippen MR) is 91.3 cm³/mol. The van der Waals surface area contributed by atoms with Gasteiger partial charge in [0.25, 0.3) is 5.91 Å². The number of fused-ring (bicyclic) bond motifs is 7. The van der Waals surface area contributed by atoms with Crippen molar-refractivity contribution in [3.05, 3.63) is 77.0 Å². The van der Waals surface area contributed by atoms with E-state index in [0.29, 0.717) is 6.54 Å². The molecule has 1 amide bonds. The molecule has 2 aliphatic heterocycles. The van der Waals surface area contributed by atoms with Crippen LogP contribution in [0.5, 0.6) is 0 Å². The van der Waals surface area contributed by atoms with Gasteiger partial charge in [0.15, 0.2) is 0 Å². The van der Waals surface area contributed by atoms with Crippen molar-refractivity contribution in [3.8, 4) is 0 Å². The van der Waals surface area contributed by atoms with E-state index in [1.165, 1.54) is 22.2 Å². The first kappa shape index (κ1) is 12.7. The smallest absolute Gasteiger partial charge is 0.255 e. The number of amides is 1. The van der Waals surface area contributed by atoms with Gasteiger partial charge in [0.05, 0.1) is 6.04 Å². The van der Waals surface area contributed by atoms with Gasteiger partial charge in [0.1, 0.15) is 0 Å². The third-order valence-electron chi connectivity index (χ3n) is 5.10. The van der Waals surface area contributed by atoms with E-state index in [2.05, 4.69) is 54.1 Å². The highest BCUT2D eigenvalue weighted by Gasteiger charge is 2.40. The molecule has 0 fully saturated rings. The third kappa shape index (κ3) is 1.51. The Bertz CT molecular complexity index is 996. The minimum Gasteiger partial charge on any atom is -0.344 e. The second-order valence-corrected chi connectivity index (χ2v) is 6.22. The molecule has 1 aromatic heterocycles. The highest BCUT2D eigenvalue weighted by atomic mass is 16.2. The van der Waals surface area contributed by atoms with Gasteiger partial charge < -0.3 is 9.47 Å². The zero-order chi connectivity index (χ0) is 15.6. The maximum atomic E-state index is 12.8. The molecule has 112 valence electrons. The molecule has 5 rings (SSSR count). The molecule has 0 radical (unpaired) electrons. The van der Waals surface area contributed by atoms with E-state index in [-0.39, 0.29) is 11.9 Å². The van der Waals surface area contributed by atoms with E-state index in [9.17, 15) is 4.79 Å². The van der Waals surface area contributed by atoms with Gasteiger partial charge in [-0.15, -0.1) is 0 Å². The van der Waals surface area contributed by atoms with Crippen LogP contribution in [0.15, 0.2) is 54.6 Å². The maximum absolute atomic E-state index is 12.8. The van der Waals surface area contributed by atoms with Crippen LogP contribution < -0.4 is 0 Å². The molecular weight excluding hydrogens is 284 g/mol. The van der Waals surface area contributed by atoms with Crippen molar-refractivity contribution in [2.75, 3.05) is 6.54 Å². The summed E-state index contributed by atoms with van der Waals surface area (Å²) in [7, 11) is 2.10. The fourth-order valence-electron chi connectivity index (χ4n) is 4.08. The summed E-state index contributed by atoms with van der Waals surface area (Å²) in [4.78, 5) is 14.8. The van der Waals surface area contributed by atoms with Crippen molar-refractivity contribution >= 4 is 22.9 Å². The van der Waals surface area contributed by atoms with E-state index in [0.717, 1.165) is 11.1 Å². The van der Waals surface area contributed by atoms with E-state index in [4.69, 9.17) is 0 Å². The molecule has 0 saturated heterocycles. The molecule has 3 heteroatoms. The minimum absolute atomic E-state index is 0.00907. The second-order valence-electron chi connectivity index (χ2n) is 6.22. The SMILES string of the molecule is Cn1c2c(c3ccccc31)C1c3ccccc3C(=O)N1CC=C2. The lowest BCUT2D eigenvalue weighted by Gasteiger charge is -2.23. The number of aromatic nitrogens is 1. The van der Waals surface area contributed by atoms with Crippen LogP contribution in [0.3, 0.4) is 0 Å². The van der Waals surface area contributed by atoms with Gasteiger partial charge in [0.2, 0.25) is 0 Å². The quantitative estimate of drug-likeness (QED) is 0.621. The van der Waals surface area contributed by atoms with E-state index in [1.54, 1.807) is 0 Å². The van der Waals surface area contributed by atoms with Crippen LogP contribution in [-0.2, 0) is 7.05 Å². The summed E-state index contributed by atoms with van der Waals surface area (Å²) in [6.07, 6.45) is 4.26. The Morgan fingerprint density at radius 3 is 2.74 bits per heavy atom. The molecule has 3 aromatic rings. The van der Waals surface area contributed by atoms with Crippen molar-refractivity contribution in [2.45, 2.75) is 6.04 Å². The Kier molecular flexibility index (Phi) is 2.41. The van der Waals surface area contributed by atoms with Crippen LogP contribution in [0.2, 0.25) is 0 Å². The van der Waals surface area contributed by atoms with Crippen molar-refractivity contribution in [2.24, 2.45) is 7.05 Å². The molecule has 0 aliphatic carbocycles. The van der Waals surface area contributed by atoms with Crippen LogP contribution in [0.1, 0.15) is 33.2 Å². The molecule has 1 atom stereocenters. The zero-order valence-corrected chi connectivity index (χ0v) is 12.9. The largest absolute Gasteiger partial charge is 0.344 e. The summed E-state index contributed by atoms with van der Waals surface area (Å²) in [5, 5.41) is 1.23. The Labute approximate surface area is 134 Å². The van der Waals surface area contributed by atoms with Gasteiger partial charge in [-0.1, -0.05) is 42.5 Å². The molecule has 0 bridgehead atoms. The number of benzene rings is 2. The van der Waals surface area contributed by atoms with Crippen LogP contribution in [0.4, 0.5) is 0 Å². The number of rotatable bonds is 0. The van der Waals surface area contributed by atoms with Crippen molar-refractivity contribution < 1.29 is 4.79 Å². The monoisotopic (exact) mass is 300 g/mol. The molecule has 1 unspecified atom stereocenters. The van der Waals surface area contributed by atoms with Gasteiger partial charge in [-0.25, -0.2) is 0 Å². The Morgan fingerprint density at radius 1 is 1.04 bits per heavy atom. The van der Waals surface area contributed by atoms with Crippen LogP contribution in [0.25, 0.3) is 17.0 Å². The lowest BCUT2D eigenvalue weighted by atomic mass is 9.95. The Balaban J connectivity index is 1.90. The third-order valence-corrected chi connectivity index (χ3v) is 5.10. The minimum atomic E-state index is 0.00907. The topological polar surface area (TPSA) is 25.2 Å². The molecule has 3 heterocycles. The number of aryl methyl sites for hydroxylation is 1. The fraction of sp³-hybridized carbons (Fsp3) is 0.150. The molecule has 0 saturated carbocycles. The summed E-state index contributed by atoms with van der Waals surface area (Å²) in [6.45, 7) is 0.654. The normalized spacial score (nSPS) is 18.7. The lowest BCUT2D eigenvalue weighted by Crippen LogP contribution is -2.28. The number of para-hydroxylation sites is 1. The molecular formula is C20H16N2O. The lowest BCUT2D eigenvalue weighted by molar-refractivity contribution is 0.0772. The first-order valence-corrected chi connectivity index (χ1v) is 7.91. The van der Waals surface area contributed by atoms with Crippen LogP contribution in [0, 0.1) is 0 Å². The van der Waals surface area contributed by atoms with Gasteiger partial charge in [-0.05, 0) is 23.8 Å². The maximum Gasteiger partial charge on any atom is 0.255 e. The molecule has 0 N–H and O–H groups in total. The number of hydrogen-bond acceptors (Lipinski definition) is 1. The first-order chi connectivity index (χ1) is 11.3. The summed E-state index contributed by atoms with van der Waals surface area (Å²) in [6, 6.07) is 16.5. The highest BCUT2D eigenvalue weighted by Crippen LogP contribution is 2.44. The molecule has 23 heavy (non-hydrogen) atoms. The summed E-state index contributed by atoms with van der Waals surface area (Å²) in [5.41, 5.74) is 5.62. The number of hydrogen-bond donors (Lipinski definition) is 0. The Hall–Kier alpha value is -2.81. The number of nitrogens with zero attached hydrogens (tertiary/aromatic N) is 2. The van der Waals surface area contributed by atoms with Gasteiger partial charge in [0, 0.05) is 41.3 Å². The first-order valence-electron chi connectivity index (χ1n) is 7.91. The van der Waals surface area contributed by atoms with Gasteiger partial charge in [-0.2, -0.15) is 0 Å². The Morgan fingerprint density at radius 2 is 1.83 bits per heavy atom. The van der Waals surface area contributed by atoms with Gasteiger partial charge >= 0.3 is 0 Å². The second kappa shape index (κ2) is 4.35. The molecule has 2 aromatic carbocycles. The van der Waals surface area contributed by atoms with Crippen LogP contribution >= 0.6 is 0 Å². The number of carbonyl (C=O) groups is 1. The highest BCUT2D eigenvalue weighted by molar-refractivity contribution is 6.02. The van der Waals surface area contributed by atoms with E-state index >= 15 is 0 Å². The van der Waals surface area contributed by atoms with Gasteiger partial charge in [-0.3, -0.25) is 4.79 Å². The average molecular weight is 300 g/mol. The fourth-order valence-corrected chi connectivity index (χ4v) is 4.08. The van der Waals surface area contributed by atoms with E-state index in [1.807, 2.05) is 23.1 Å². The van der Waals surface area contributed by atoms with Crippen molar-refractivity contribution in [1.29, 1.82) is 0 Å². The molecule has 2 aliphatic rings. The summed E-state index contributed by atoms with van der Waals surface area (Å²) in [5.74, 6) is 0.135. The van der Waals surface area contributed by atoms with Crippen LogP contribution in [-0.4, -0.2) is 21.9 Å². The standard InChI is InChI=1S/C20H16N2O/c1-21-16-10-5-4-9-15(16)18-17(21)11-6-12-22-19(18)13-7-2-3-8-14(13)20(22)23/h2-11,19H,12H2,1H3. The number of carbonyl (C=O) groups excluding carboxylic acids is 1. The molecule has 0 spiro atoms. The zero-order valence-electron chi connectivity index (χ0n) is 12.9.